The lowest BCUT2D eigenvalue weighted by atomic mass is 10.1. The molecule has 0 bridgehead atoms. The summed E-state index contributed by atoms with van der Waals surface area (Å²) in [5, 5.41) is 3.66. The van der Waals surface area contributed by atoms with Gasteiger partial charge in [0.1, 0.15) is 0 Å². The van der Waals surface area contributed by atoms with Crippen molar-refractivity contribution >= 4 is 17.5 Å². The molecule has 0 saturated heterocycles. The Morgan fingerprint density at radius 1 is 1.29 bits per heavy atom. The second-order valence-electron chi connectivity index (χ2n) is 4.66. The molecule has 0 aliphatic rings. The lowest BCUT2D eigenvalue weighted by Crippen LogP contribution is -2.25. The van der Waals surface area contributed by atoms with Crippen molar-refractivity contribution in [2.24, 2.45) is 5.92 Å². The van der Waals surface area contributed by atoms with E-state index in [9.17, 15) is 4.79 Å². The summed E-state index contributed by atoms with van der Waals surface area (Å²) in [4.78, 5) is 11.5. The zero-order valence-electron chi connectivity index (χ0n) is 10.5. The summed E-state index contributed by atoms with van der Waals surface area (Å²) in [6, 6.07) is 7.63. The maximum atomic E-state index is 11.5. The zero-order chi connectivity index (χ0) is 12.7. The number of nitrogens with one attached hydrogen (secondary N) is 1. The van der Waals surface area contributed by atoms with Gasteiger partial charge in [0.05, 0.1) is 0 Å². The highest BCUT2D eigenvalue weighted by Crippen LogP contribution is 2.10. The molecule has 0 spiro atoms. The number of aryl methyl sites for hydroxylation is 1. The van der Waals surface area contributed by atoms with Crippen LogP contribution in [0.2, 0.25) is 5.02 Å². The molecule has 0 aliphatic heterocycles. The first-order valence-corrected chi connectivity index (χ1v) is 6.47. The summed E-state index contributed by atoms with van der Waals surface area (Å²) >= 11 is 5.79. The zero-order valence-corrected chi connectivity index (χ0v) is 11.3. The lowest BCUT2D eigenvalue weighted by molar-refractivity contribution is -0.121. The van der Waals surface area contributed by atoms with Crippen LogP contribution in [-0.4, -0.2) is 12.5 Å². The quantitative estimate of drug-likeness (QED) is 0.827. The smallest absolute Gasteiger partial charge is 0.220 e. The molecule has 0 unspecified atom stereocenters. The maximum absolute atomic E-state index is 11.5. The lowest BCUT2D eigenvalue weighted by Gasteiger charge is -2.07. The van der Waals surface area contributed by atoms with Crippen molar-refractivity contribution < 1.29 is 4.79 Å². The molecule has 1 amide bonds. The van der Waals surface area contributed by atoms with E-state index in [4.69, 9.17) is 11.6 Å². The van der Waals surface area contributed by atoms with Crippen LogP contribution in [0.5, 0.6) is 0 Å². The van der Waals surface area contributed by atoms with Gasteiger partial charge in [0, 0.05) is 18.0 Å². The summed E-state index contributed by atoms with van der Waals surface area (Å²) in [5.41, 5.74) is 1.15. The van der Waals surface area contributed by atoms with Gasteiger partial charge >= 0.3 is 0 Å². The van der Waals surface area contributed by atoms with Gasteiger partial charge < -0.3 is 5.32 Å². The summed E-state index contributed by atoms with van der Waals surface area (Å²) in [6.07, 6.45) is 2.34. The van der Waals surface area contributed by atoms with Gasteiger partial charge in [-0.1, -0.05) is 37.6 Å². The molecule has 0 aromatic heterocycles. The number of carbonyl (C=O) groups is 1. The minimum absolute atomic E-state index is 0.126. The number of hydrogen-bond acceptors (Lipinski definition) is 1. The predicted molar refractivity (Wildman–Crippen MR) is 72.2 cm³/mol. The highest BCUT2D eigenvalue weighted by Gasteiger charge is 2.02. The van der Waals surface area contributed by atoms with Crippen LogP contribution in [0.4, 0.5) is 0 Å². The summed E-state index contributed by atoms with van der Waals surface area (Å²) < 4.78 is 0. The molecule has 1 aromatic rings. The number of amides is 1. The van der Waals surface area contributed by atoms with Crippen LogP contribution in [0.25, 0.3) is 0 Å². The van der Waals surface area contributed by atoms with Crippen molar-refractivity contribution in [3.8, 4) is 0 Å². The molecule has 17 heavy (non-hydrogen) atoms. The number of hydrogen-bond donors (Lipinski definition) is 1. The number of benzene rings is 1. The van der Waals surface area contributed by atoms with Crippen molar-refractivity contribution in [3.63, 3.8) is 0 Å². The average molecular weight is 254 g/mol. The van der Waals surface area contributed by atoms with E-state index in [1.54, 1.807) is 0 Å². The van der Waals surface area contributed by atoms with Gasteiger partial charge in [-0.25, -0.2) is 0 Å². The average Bonchev–Trinajstić information content (AvgIpc) is 2.28. The Hall–Kier alpha value is -1.02. The molecule has 0 saturated carbocycles. The first kappa shape index (κ1) is 14.0. The molecule has 1 N–H and O–H groups in total. The van der Waals surface area contributed by atoms with Crippen molar-refractivity contribution in [1.82, 2.24) is 5.32 Å². The SMILES string of the molecule is CC(C)CCNC(=O)CCc1ccc(Cl)cc1. The van der Waals surface area contributed by atoms with Crippen LogP contribution >= 0.6 is 11.6 Å². The molecule has 94 valence electrons. The van der Waals surface area contributed by atoms with E-state index in [0.717, 1.165) is 30.0 Å². The Morgan fingerprint density at radius 3 is 2.53 bits per heavy atom. The fraction of sp³-hybridized carbons (Fsp3) is 0.500. The van der Waals surface area contributed by atoms with Crippen molar-refractivity contribution in [2.45, 2.75) is 33.1 Å². The molecule has 0 atom stereocenters. The fourth-order valence-corrected chi connectivity index (χ4v) is 1.62. The highest BCUT2D eigenvalue weighted by atomic mass is 35.5. The molecular weight excluding hydrogens is 234 g/mol. The van der Waals surface area contributed by atoms with E-state index < -0.39 is 0 Å². The van der Waals surface area contributed by atoms with Crippen molar-refractivity contribution in [1.29, 1.82) is 0 Å². The fourth-order valence-electron chi connectivity index (χ4n) is 1.50. The molecule has 1 rings (SSSR count). The van der Waals surface area contributed by atoms with E-state index >= 15 is 0 Å². The van der Waals surface area contributed by atoms with Gasteiger partial charge in [-0.15, -0.1) is 0 Å². The van der Waals surface area contributed by atoms with Gasteiger partial charge in [-0.3, -0.25) is 4.79 Å². The predicted octanol–water partition coefficient (Wildman–Crippen LogP) is 3.43. The topological polar surface area (TPSA) is 29.1 Å². The standard InChI is InChI=1S/C14H20ClNO/c1-11(2)9-10-16-14(17)8-5-12-3-6-13(15)7-4-12/h3-4,6-7,11H,5,8-10H2,1-2H3,(H,16,17). The summed E-state index contributed by atoms with van der Waals surface area (Å²) in [5.74, 6) is 0.757. The van der Waals surface area contributed by atoms with Gasteiger partial charge in [-0.05, 0) is 36.5 Å². The van der Waals surface area contributed by atoms with E-state index in [-0.39, 0.29) is 5.91 Å². The highest BCUT2D eigenvalue weighted by molar-refractivity contribution is 6.30. The van der Waals surface area contributed by atoms with E-state index in [2.05, 4.69) is 19.2 Å². The molecule has 0 radical (unpaired) electrons. The first-order valence-electron chi connectivity index (χ1n) is 6.09. The van der Waals surface area contributed by atoms with E-state index in [0.29, 0.717) is 12.3 Å². The van der Waals surface area contributed by atoms with Gasteiger partial charge in [0.25, 0.3) is 0 Å². The van der Waals surface area contributed by atoms with E-state index in [1.165, 1.54) is 0 Å². The van der Waals surface area contributed by atoms with Crippen LogP contribution in [0.15, 0.2) is 24.3 Å². The molecular formula is C14H20ClNO. The normalized spacial score (nSPS) is 10.6. The van der Waals surface area contributed by atoms with Crippen LogP contribution in [-0.2, 0) is 11.2 Å². The Balaban J connectivity index is 2.21. The molecule has 0 aliphatic carbocycles. The number of carbonyl (C=O) groups excluding carboxylic acids is 1. The Labute approximate surface area is 108 Å². The Morgan fingerprint density at radius 2 is 1.94 bits per heavy atom. The molecule has 1 aromatic carbocycles. The van der Waals surface area contributed by atoms with Gasteiger partial charge in [0.15, 0.2) is 0 Å². The summed E-state index contributed by atoms with van der Waals surface area (Å²) in [7, 11) is 0. The monoisotopic (exact) mass is 253 g/mol. The molecule has 3 heteroatoms. The Bertz CT molecular complexity index is 346. The second kappa shape index (κ2) is 7.33. The largest absolute Gasteiger partial charge is 0.356 e. The third-order valence-electron chi connectivity index (χ3n) is 2.60. The minimum Gasteiger partial charge on any atom is -0.356 e. The Kier molecular flexibility index (Phi) is 6.06. The van der Waals surface area contributed by atoms with Gasteiger partial charge in [-0.2, -0.15) is 0 Å². The second-order valence-corrected chi connectivity index (χ2v) is 5.10. The van der Waals surface area contributed by atoms with Crippen molar-refractivity contribution in [3.05, 3.63) is 34.9 Å². The van der Waals surface area contributed by atoms with E-state index in [1.807, 2.05) is 24.3 Å². The van der Waals surface area contributed by atoms with Crippen molar-refractivity contribution in [2.75, 3.05) is 6.54 Å². The van der Waals surface area contributed by atoms with Crippen LogP contribution in [0.1, 0.15) is 32.3 Å². The number of halogens is 1. The minimum atomic E-state index is 0.126. The van der Waals surface area contributed by atoms with Gasteiger partial charge in [0.2, 0.25) is 5.91 Å². The maximum Gasteiger partial charge on any atom is 0.220 e. The number of rotatable bonds is 6. The van der Waals surface area contributed by atoms with Crippen LogP contribution < -0.4 is 5.32 Å². The third-order valence-corrected chi connectivity index (χ3v) is 2.85. The van der Waals surface area contributed by atoms with Crippen LogP contribution in [0.3, 0.4) is 0 Å². The molecule has 0 heterocycles. The molecule has 0 fully saturated rings. The third kappa shape index (κ3) is 6.32. The van der Waals surface area contributed by atoms with Crippen LogP contribution in [0, 0.1) is 5.92 Å². The first-order chi connectivity index (χ1) is 8.08. The molecule has 2 nitrogen and oxygen atoms in total. The summed E-state index contributed by atoms with van der Waals surface area (Å²) in [6.45, 7) is 5.08.